The minimum absolute atomic E-state index is 0.328. The van der Waals surface area contributed by atoms with Gasteiger partial charge in [0.1, 0.15) is 5.82 Å². The Balaban J connectivity index is 1.92. The summed E-state index contributed by atoms with van der Waals surface area (Å²) in [7, 11) is 0. The molecule has 1 aromatic rings. The standard InChI is InChI=1S/C12H19N3O/c1-2-13-9-10-5-6-14-12(15-10)8-11-4-3-7-16-11/h5-6,11,13H,2-4,7-9H2,1H3. The molecule has 1 fully saturated rings. The zero-order chi connectivity index (χ0) is 11.2. The molecule has 1 saturated heterocycles. The zero-order valence-electron chi connectivity index (χ0n) is 9.78. The second-order valence-corrected chi connectivity index (χ2v) is 4.08. The van der Waals surface area contributed by atoms with Gasteiger partial charge in [-0.1, -0.05) is 6.92 Å². The smallest absolute Gasteiger partial charge is 0.131 e. The quantitative estimate of drug-likeness (QED) is 0.814. The maximum Gasteiger partial charge on any atom is 0.131 e. The molecule has 0 aliphatic carbocycles. The lowest BCUT2D eigenvalue weighted by Crippen LogP contribution is -2.16. The summed E-state index contributed by atoms with van der Waals surface area (Å²) in [4.78, 5) is 8.81. The molecule has 0 saturated carbocycles. The van der Waals surface area contributed by atoms with Crippen molar-refractivity contribution in [3.8, 4) is 0 Å². The second-order valence-electron chi connectivity index (χ2n) is 4.08. The molecule has 0 aromatic carbocycles. The fourth-order valence-electron chi connectivity index (χ4n) is 1.90. The van der Waals surface area contributed by atoms with Gasteiger partial charge in [0.2, 0.25) is 0 Å². The molecule has 4 nitrogen and oxygen atoms in total. The van der Waals surface area contributed by atoms with Crippen LogP contribution in [0, 0.1) is 0 Å². The van der Waals surface area contributed by atoms with Crippen molar-refractivity contribution in [1.82, 2.24) is 15.3 Å². The van der Waals surface area contributed by atoms with Crippen LogP contribution in [0.1, 0.15) is 31.3 Å². The minimum Gasteiger partial charge on any atom is -0.378 e. The Morgan fingerprint density at radius 1 is 1.56 bits per heavy atom. The van der Waals surface area contributed by atoms with Crippen molar-refractivity contribution < 1.29 is 4.74 Å². The molecular weight excluding hydrogens is 202 g/mol. The first kappa shape index (κ1) is 11.5. The zero-order valence-corrected chi connectivity index (χ0v) is 9.78. The van der Waals surface area contributed by atoms with Crippen molar-refractivity contribution in [3.05, 3.63) is 23.8 Å². The van der Waals surface area contributed by atoms with E-state index in [-0.39, 0.29) is 0 Å². The Morgan fingerprint density at radius 3 is 3.25 bits per heavy atom. The summed E-state index contributed by atoms with van der Waals surface area (Å²) < 4.78 is 5.58. The summed E-state index contributed by atoms with van der Waals surface area (Å²) in [5.74, 6) is 0.905. The van der Waals surface area contributed by atoms with Gasteiger partial charge >= 0.3 is 0 Å². The number of nitrogens with zero attached hydrogens (tertiary/aromatic N) is 2. The van der Waals surface area contributed by atoms with Gasteiger partial charge in [-0.2, -0.15) is 0 Å². The number of hydrogen-bond donors (Lipinski definition) is 1. The summed E-state index contributed by atoms with van der Waals surface area (Å²) in [6, 6.07) is 1.96. The fraction of sp³-hybridized carbons (Fsp3) is 0.667. The Labute approximate surface area is 96.4 Å². The Hall–Kier alpha value is -1.00. The number of rotatable bonds is 5. The van der Waals surface area contributed by atoms with E-state index in [1.807, 2.05) is 12.3 Å². The van der Waals surface area contributed by atoms with Crippen molar-refractivity contribution in [2.45, 2.75) is 38.8 Å². The molecule has 4 heteroatoms. The molecule has 1 N–H and O–H groups in total. The first-order valence-corrected chi connectivity index (χ1v) is 6.01. The van der Waals surface area contributed by atoms with E-state index in [0.29, 0.717) is 6.10 Å². The lowest BCUT2D eigenvalue weighted by molar-refractivity contribution is 0.110. The third-order valence-corrected chi connectivity index (χ3v) is 2.75. The van der Waals surface area contributed by atoms with Crippen molar-refractivity contribution in [1.29, 1.82) is 0 Å². The van der Waals surface area contributed by atoms with E-state index in [9.17, 15) is 0 Å². The molecule has 0 amide bonds. The Morgan fingerprint density at radius 2 is 2.50 bits per heavy atom. The van der Waals surface area contributed by atoms with Crippen LogP contribution in [0.5, 0.6) is 0 Å². The van der Waals surface area contributed by atoms with Crippen LogP contribution in [-0.4, -0.2) is 29.2 Å². The molecule has 2 heterocycles. The summed E-state index contributed by atoms with van der Waals surface area (Å²) in [5, 5.41) is 3.26. The van der Waals surface area contributed by atoms with Crippen molar-refractivity contribution in [3.63, 3.8) is 0 Å². The van der Waals surface area contributed by atoms with Gasteiger partial charge in [-0.3, -0.25) is 0 Å². The second kappa shape index (κ2) is 5.92. The molecule has 16 heavy (non-hydrogen) atoms. The van der Waals surface area contributed by atoms with Gasteiger partial charge in [0.05, 0.1) is 11.8 Å². The van der Waals surface area contributed by atoms with Gasteiger partial charge < -0.3 is 10.1 Å². The van der Waals surface area contributed by atoms with Crippen LogP contribution in [0.4, 0.5) is 0 Å². The highest BCUT2D eigenvalue weighted by Crippen LogP contribution is 2.15. The Kier molecular flexibility index (Phi) is 4.25. The van der Waals surface area contributed by atoms with Gasteiger partial charge in [-0.15, -0.1) is 0 Å². The highest BCUT2D eigenvalue weighted by Gasteiger charge is 2.17. The lowest BCUT2D eigenvalue weighted by Gasteiger charge is -2.08. The normalized spacial score (nSPS) is 20.2. The molecule has 0 spiro atoms. The minimum atomic E-state index is 0.328. The average molecular weight is 221 g/mol. The molecule has 1 aromatic heterocycles. The van der Waals surface area contributed by atoms with E-state index >= 15 is 0 Å². The van der Waals surface area contributed by atoms with Gasteiger partial charge in [0.25, 0.3) is 0 Å². The Bertz CT molecular complexity index is 324. The van der Waals surface area contributed by atoms with E-state index in [2.05, 4.69) is 22.2 Å². The van der Waals surface area contributed by atoms with Crippen molar-refractivity contribution >= 4 is 0 Å². The summed E-state index contributed by atoms with van der Waals surface area (Å²) in [6.45, 7) is 4.76. The number of nitrogens with one attached hydrogen (secondary N) is 1. The molecule has 0 radical (unpaired) electrons. The van der Waals surface area contributed by atoms with Crippen LogP contribution >= 0.6 is 0 Å². The van der Waals surface area contributed by atoms with Crippen molar-refractivity contribution in [2.75, 3.05) is 13.2 Å². The molecular formula is C12H19N3O. The van der Waals surface area contributed by atoms with Gasteiger partial charge in [0, 0.05) is 25.8 Å². The van der Waals surface area contributed by atoms with Crippen LogP contribution in [0.25, 0.3) is 0 Å². The summed E-state index contributed by atoms with van der Waals surface area (Å²) in [6.07, 6.45) is 5.32. The fourth-order valence-corrected chi connectivity index (χ4v) is 1.90. The van der Waals surface area contributed by atoms with E-state index in [4.69, 9.17) is 4.74 Å². The molecule has 2 rings (SSSR count). The highest BCUT2D eigenvalue weighted by atomic mass is 16.5. The van der Waals surface area contributed by atoms with Crippen molar-refractivity contribution in [2.24, 2.45) is 0 Å². The number of aromatic nitrogens is 2. The van der Waals surface area contributed by atoms with Gasteiger partial charge in [-0.05, 0) is 25.5 Å². The molecule has 1 aliphatic rings. The lowest BCUT2D eigenvalue weighted by atomic mass is 10.2. The van der Waals surface area contributed by atoms with Gasteiger partial charge in [-0.25, -0.2) is 9.97 Å². The highest BCUT2D eigenvalue weighted by molar-refractivity contribution is 5.03. The first-order chi connectivity index (χ1) is 7.88. The topological polar surface area (TPSA) is 47.0 Å². The van der Waals surface area contributed by atoms with Crippen LogP contribution in [0.3, 0.4) is 0 Å². The van der Waals surface area contributed by atoms with E-state index in [1.165, 1.54) is 6.42 Å². The van der Waals surface area contributed by atoms with Crippen LogP contribution in [0.15, 0.2) is 12.3 Å². The monoisotopic (exact) mass is 221 g/mol. The summed E-state index contributed by atoms with van der Waals surface area (Å²) in [5.41, 5.74) is 1.06. The first-order valence-electron chi connectivity index (χ1n) is 6.01. The average Bonchev–Trinajstić information content (AvgIpc) is 2.80. The van der Waals surface area contributed by atoms with Crippen LogP contribution in [-0.2, 0) is 17.7 Å². The van der Waals surface area contributed by atoms with Crippen LogP contribution in [0.2, 0.25) is 0 Å². The number of hydrogen-bond acceptors (Lipinski definition) is 4. The molecule has 0 bridgehead atoms. The maximum atomic E-state index is 5.58. The molecule has 1 aliphatic heterocycles. The maximum absolute atomic E-state index is 5.58. The SMILES string of the molecule is CCNCc1ccnc(CC2CCCO2)n1. The van der Waals surface area contributed by atoms with E-state index in [1.54, 1.807) is 0 Å². The third-order valence-electron chi connectivity index (χ3n) is 2.75. The van der Waals surface area contributed by atoms with Gasteiger partial charge in [0.15, 0.2) is 0 Å². The predicted molar refractivity (Wildman–Crippen MR) is 62.1 cm³/mol. The molecule has 1 atom stereocenters. The van der Waals surface area contributed by atoms with E-state index in [0.717, 1.165) is 44.1 Å². The number of ether oxygens (including phenoxy) is 1. The van der Waals surface area contributed by atoms with E-state index < -0.39 is 0 Å². The summed E-state index contributed by atoms with van der Waals surface area (Å²) >= 11 is 0. The third kappa shape index (κ3) is 3.25. The largest absolute Gasteiger partial charge is 0.378 e. The predicted octanol–water partition coefficient (Wildman–Crippen LogP) is 1.31. The van der Waals surface area contributed by atoms with Crippen LogP contribution < -0.4 is 5.32 Å². The molecule has 1 unspecified atom stereocenters. The molecule has 88 valence electrons.